The van der Waals surface area contributed by atoms with E-state index in [1.165, 1.54) is 24.9 Å². The molecule has 0 saturated heterocycles. The maximum absolute atomic E-state index is 12.7. The number of amides is 2. The number of methoxy groups -OCH3 is 1. The number of ether oxygens (including phenoxy) is 1. The SMILES string of the molecule is COC(=O)c1n[nH]c2c1C(=O)C(SCCCNC(=O)Nc1ccccc1)=CC2=O. The van der Waals surface area contributed by atoms with Crippen molar-refractivity contribution in [3.63, 3.8) is 0 Å². The van der Waals surface area contributed by atoms with Gasteiger partial charge < -0.3 is 15.4 Å². The first-order valence-electron chi connectivity index (χ1n) is 8.71. The first-order chi connectivity index (χ1) is 14.0. The van der Waals surface area contributed by atoms with Gasteiger partial charge in [-0.1, -0.05) is 18.2 Å². The molecule has 9 nitrogen and oxygen atoms in total. The number of fused-ring (bicyclic) bond motifs is 1. The van der Waals surface area contributed by atoms with E-state index in [-0.39, 0.29) is 27.9 Å². The number of aromatic nitrogens is 2. The molecule has 3 N–H and O–H groups in total. The van der Waals surface area contributed by atoms with Crippen LogP contribution in [0.3, 0.4) is 0 Å². The molecule has 2 amide bonds. The van der Waals surface area contributed by atoms with E-state index < -0.39 is 17.5 Å². The van der Waals surface area contributed by atoms with Gasteiger partial charge in [-0.05, 0) is 24.3 Å². The van der Waals surface area contributed by atoms with Gasteiger partial charge in [0, 0.05) is 18.3 Å². The van der Waals surface area contributed by atoms with Gasteiger partial charge in [0.15, 0.2) is 5.69 Å². The quantitative estimate of drug-likeness (QED) is 0.468. The van der Waals surface area contributed by atoms with Crippen molar-refractivity contribution >= 4 is 41.0 Å². The van der Waals surface area contributed by atoms with Crippen molar-refractivity contribution in [1.29, 1.82) is 0 Å². The van der Waals surface area contributed by atoms with Crippen molar-refractivity contribution < 1.29 is 23.9 Å². The summed E-state index contributed by atoms with van der Waals surface area (Å²) in [5.74, 6) is -1.17. The Balaban J connectivity index is 1.49. The zero-order chi connectivity index (χ0) is 20.8. The third kappa shape index (κ3) is 4.72. The van der Waals surface area contributed by atoms with Gasteiger partial charge >= 0.3 is 12.0 Å². The van der Waals surface area contributed by atoms with Crippen LogP contribution in [0.1, 0.15) is 37.8 Å². The normalized spacial score (nSPS) is 12.8. The molecule has 1 aliphatic carbocycles. The Labute approximate surface area is 170 Å². The molecule has 1 heterocycles. The molecule has 2 aromatic rings. The van der Waals surface area contributed by atoms with E-state index in [1.54, 1.807) is 12.1 Å². The molecule has 1 aromatic carbocycles. The summed E-state index contributed by atoms with van der Waals surface area (Å²) >= 11 is 1.19. The van der Waals surface area contributed by atoms with E-state index in [9.17, 15) is 19.2 Å². The van der Waals surface area contributed by atoms with Gasteiger partial charge in [0.05, 0.1) is 17.6 Å². The van der Waals surface area contributed by atoms with Gasteiger partial charge in [-0.3, -0.25) is 14.7 Å². The molecule has 1 aromatic heterocycles. The number of aromatic amines is 1. The molecule has 0 unspecified atom stereocenters. The minimum absolute atomic E-state index is 0.0148. The van der Waals surface area contributed by atoms with Crippen LogP contribution in [0.25, 0.3) is 0 Å². The third-order valence-electron chi connectivity index (χ3n) is 4.00. The Morgan fingerprint density at radius 3 is 2.69 bits per heavy atom. The largest absolute Gasteiger partial charge is 0.464 e. The molecule has 1 aliphatic rings. The predicted octanol–water partition coefficient (Wildman–Crippen LogP) is 2.40. The molecule has 0 spiro atoms. The van der Waals surface area contributed by atoms with Crippen LogP contribution in [0.5, 0.6) is 0 Å². The Morgan fingerprint density at radius 1 is 1.21 bits per heavy atom. The molecule has 0 bridgehead atoms. The van der Waals surface area contributed by atoms with Gasteiger partial charge in [-0.2, -0.15) is 5.10 Å². The van der Waals surface area contributed by atoms with Crippen LogP contribution >= 0.6 is 11.8 Å². The van der Waals surface area contributed by atoms with E-state index in [0.29, 0.717) is 24.4 Å². The summed E-state index contributed by atoms with van der Waals surface area (Å²) in [6.45, 7) is 0.394. The number of nitrogens with one attached hydrogen (secondary N) is 3. The second-order valence-corrected chi connectivity index (χ2v) is 7.10. The van der Waals surface area contributed by atoms with Gasteiger partial charge in [0.2, 0.25) is 11.6 Å². The summed E-state index contributed by atoms with van der Waals surface area (Å²) in [5, 5.41) is 11.6. The lowest BCUT2D eigenvalue weighted by atomic mass is 9.99. The molecule has 0 radical (unpaired) electrons. The van der Waals surface area contributed by atoms with Crippen LogP contribution in [0, 0.1) is 0 Å². The number of urea groups is 1. The molecular weight excluding hydrogens is 396 g/mol. The number of ketones is 2. The standard InChI is InChI=1S/C19H18N4O5S/c1-28-18(26)16-14-15(22-23-16)12(24)10-13(17(14)25)29-9-5-8-20-19(27)21-11-6-3-2-4-7-11/h2-4,6-7,10H,5,8-9H2,1H3,(H,22,23)(H2,20,21,27). The van der Waals surface area contributed by atoms with Gasteiger partial charge in [-0.15, -0.1) is 11.8 Å². The van der Waals surface area contributed by atoms with Gasteiger partial charge in [0.1, 0.15) is 5.69 Å². The number of H-pyrrole nitrogens is 1. The van der Waals surface area contributed by atoms with Crippen molar-refractivity contribution in [1.82, 2.24) is 15.5 Å². The second kappa shape index (κ2) is 9.20. The van der Waals surface area contributed by atoms with Gasteiger partial charge in [0.25, 0.3) is 0 Å². The predicted molar refractivity (Wildman–Crippen MR) is 107 cm³/mol. The molecule has 150 valence electrons. The highest BCUT2D eigenvalue weighted by Gasteiger charge is 2.34. The van der Waals surface area contributed by atoms with Crippen LogP contribution in [0.15, 0.2) is 41.3 Å². The van der Waals surface area contributed by atoms with Crippen molar-refractivity contribution in [2.24, 2.45) is 0 Å². The minimum Gasteiger partial charge on any atom is -0.464 e. The average Bonchev–Trinajstić information content (AvgIpc) is 3.17. The number of nitrogens with zero attached hydrogens (tertiary/aromatic N) is 1. The maximum atomic E-state index is 12.7. The molecule has 3 rings (SSSR count). The van der Waals surface area contributed by atoms with Crippen LogP contribution in [0.4, 0.5) is 10.5 Å². The van der Waals surface area contributed by atoms with Crippen LogP contribution < -0.4 is 10.6 Å². The number of anilines is 1. The third-order valence-corrected chi connectivity index (χ3v) is 5.11. The first-order valence-corrected chi connectivity index (χ1v) is 9.70. The molecule has 0 atom stereocenters. The number of rotatable bonds is 7. The number of carbonyl (C=O) groups is 4. The zero-order valence-electron chi connectivity index (χ0n) is 15.5. The zero-order valence-corrected chi connectivity index (χ0v) is 16.3. The number of Topliss-reactive ketones (excluding diaryl/α,β-unsaturated/α-hetero) is 1. The molecule has 10 heteroatoms. The number of esters is 1. The molecule has 0 saturated carbocycles. The lowest BCUT2D eigenvalue weighted by Gasteiger charge is -2.12. The Hall–Kier alpha value is -3.40. The van der Waals surface area contributed by atoms with Crippen LogP contribution in [-0.4, -0.2) is 53.2 Å². The lowest BCUT2D eigenvalue weighted by Crippen LogP contribution is -2.29. The summed E-state index contributed by atoms with van der Waals surface area (Å²) in [6.07, 6.45) is 1.80. The number of thioether (sulfide) groups is 1. The summed E-state index contributed by atoms with van der Waals surface area (Å²) < 4.78 is 4.60. The molecule has 29 heavy (non-hydrogen) atoms. The maximum Gasteiger partial charge on any atom is 0.359 e. The van der Waals surface area contributed by atoms with Crippen molar-refractivity contribution in [2.75, 3.05) is 24.7 Å². The fourth-order valence-corrected chi connectivity index (χ4v) is 3.56. The number of benzene rings is 1. The van der Waals surface area contributed by atoms with Crippen LogP contribution in [0.2, 0.25) is 0 Å². The van der Waals surface area contributed by atoms with E-state index in [2.05, 4.69) is 25.6 Å². The van der Waals surface area contributed by atoms with Crippen molar-refractivity contribution in [3.05, 3.63) is 58.3 Å². The average molecular weight is 414 g/mol. The van der Waals surface area contributed by atoms with Gasteiger partial charge in [-0.25, -0.2) is 9.59 Å². The monoisotopic (exact) mass is 414 g/mol. The van der Waals surface area contributed by atoms with E-state index >= 15 is 0 Å². The van der Waals surface area contributed by atoms with E-state index in [1.807, 2.05) is 18.2 Å². The smallest absolute Gasteiger partial charge is 0.359 e. The van der Waals surface area contributed by atoms with Crippen molar-refractivity contribution in [2.45, 2.75) is 6.42 Å². The fourth-order valence-electron chi connectivity index (χ4n) is 2.63. The molecular formula is C19H18N4O5S. The number of hydrogen-bond donors (Lipinski definition) is 3. The number of hydrogen-bond acceptors (Lipinski definition) is 7. The van der Waals surface area contributed by atoms with Crippen molar-refractivity contribution in [3.8, 4) is 0 Å². The number of para-hydroxylation sites is 1. The molecule has 0 aliphatic heterocycles. The number of carbonyl (C=O) groups excluding carboxylic acids is 4. The van der Waals surface area contributed by atoms with Crippen LogP contribution in [-0.2, 0) is 4.74 Å². The summed E-state index contributed by atoms with van der Waals surface area (Å²) in [7, 11) is 1.17. The number of allylic oxidation sites excluding steroid dienone is 2. The summed E-state index contributed by atoms with van der Waals surface area (Å²) in [4.78, 5) is 48.6. The Morgan fingerprint density at radius 2 is 1.97 bits per heavy atom. The highest BCUT2D eigenvalue weighted by atomic mass is 32.2. The minimum atomic E-state index is -0.788. The Bertz CT molecular complexity index is 984. The van der Waals surface area contributed by atoms with E-state index in [0.717, 1.165) is 0 Å². The topological polar surface area (TPSA) is 130 Å². The summed E-state index contributed by atoms with van der Waals surface area (Å²) in [6, 6.07) is 8.72. The fraction of sp³-hybridized carbons (Fsp3) is 0.211. The van der Waals surface area contributed by atoms with E-state index in [4.69, 9.17) is 0 Å². The Kier molecular flexibility index (Phi) is 6.45. The first kappa shape index (κ1) is 20.3. The summed E-state index contributed by atoms with van der Waals surface area (Å²) in [5.41, 5.74) is 0.408. The highest BCUT2D eigenvalue weighted by Crippen LogP contribution is 2.29. The molecule has 0 fully saturated rings. The highest BCUT2D eigenvalue weighted by molar-refractivity contribution is 8.04. The lowest BCUT2D eigenvalue weighted by molar-refractivity contribution is 0.0591. The second-order valence-electron chi connectivity index (χ2n) is 5.96.